The summed E-state index contributed by atoms with van der Waals surface area (Å²) in [4.78, 5) is 0. The highest BCUT2D eigenvalue weighted by Crippen LogP contribution is 2.08. The second kappa shape index (κ2) is 4.74. The number of hydrogen-bond acceptors (Lipinski definition) is 1. The normalized spacial score (nSPS) is 10.5. The van der Waals surface area contributed by atoms with Gasteiger partial charge in [0.2, 0.25) is 0 Å². The van der Waals surface area contributed by atoms with E-state index in [1.165, 1.54) is 6.07 Å². The minimum atomic E-state index is -0.139. The lowest BCUT2D eigenvalue weighted by atomic mass is 10.1. The van der Waals surface area contributed by atoms with Gasteiger partial charge in [-0.25, -0.2) is 4.39 Å². The fourth-order valence-electron chi connectivity index (χ4n) is 1.40. The molecule has 0 aliphatic carbocycles. The fourth-order valence-corrected chi connectivity index (χ4v) is 1.84. The molecule has 0 aliphatic heterocycles. The van der Waals surface area contributed by atoms with Crippen molar-refractivity contribution in [2.24, 2.45) is 0 Å². The van der Waals surface area contributed by atoms with Crippen molar-refractivity contribution in [2.45, 2.75) is 13.0 Å². The van der Waals surface area contributed by atoms with Gasteiger partial charge in [0.25, 0.3) is 0 Å². The largest absolute Gasteiger partial charge is 0.271 e. The first-order chi connectivity index (χ1) is 7.25. The Bertz CT molecular complexity index is 453. The van der Waals surface area contributed by atoms with E-state index in [1.807, 2.05) is 23.0 Å². The average molecular weight is 316 g/mol. The van der Waals surface area contributed by atoms with Crippen LogP contribution in [-0.2, 0) is 13.0 Å². The highest BCUT2D eigenvalue weighted by Gasteiger charge is 2.01. The molecule has 0 fully saturated rings. The summed E-state index contributed by atoms with van der Waals surface area (Å²) in [5.41, 5.74) is 0.739. The lowest BCUT2D eigenvalue weighted by Gasteiger charge is -2.02. The summed E-state index contributed by atoms with van der Waals surface area (Å²) in [6.45, 7) is 0.712. The maximum atomic E-state index is 13.3. The van der Waals surface area contributed by atoms with Gasteiger partial charge in [-0.15, -0.1) is 0 Å². The van der Waals surface area contributed by atoms with E-state index in [0.717, 1.165) is 9.13 Å². The second-order valence-electron chi connectivity index (χ2n) is 3.26. The van der Waals surface area contributed by atoms with Gasteiger partial charge in [-0.1, -0.05) is 18.2 Å². The van der Waals surface area contributed by atoms with Crippen LogP contribution in [0.2, 0.25) is 0 Å². The van der Waals surface area contributed by atoms with Crippen molar-refractivity contribution in [1.82, 2.24) is 9.78 Å². The van der Waals surface area contributed by atoms with Gasteiger partial charge in [0.1, 0.15) is 5.82 Å². The summed E-state index contributed by atoms with van der Waals surface area (Å²) in [5, 5.41) is 4.15. The molecular weight excluding hydrogens is 306 g/mol. The summed E-state index contributed by atoms with van der Waals surface area (Å²) >= 11 is 2.20. The van der Waals surface area contributed by atoms with Crippen molar-refractivity contribution in [1.29, 1.82) is 0 Å². The van der Waals surface area contributed by atoms with Crippen LogP contribution < -0.4 is 0 Å². The standard InChI is InChI=1S/C11H10FIN2/c12-11-4-2-1-3-9(11)5-6-15-8-10(13)7-14-15/h1-4,7-8H,5-6H2. The first kappa shape index (κ1) is 10.6. The summed E-state index contributed by atoms with van der Waals surface area (Å²) in [6.07, 6.45) is 4.41. The molecule has 0 aliphatic rings. The Labute approximate surface area is 101 Å². The molecule has 4 heteroatoms. The molecule has 0 amide bonds. The molecule has 0 atom stereocenters. The number of aromatic nitrogens is 2. The highest BCUT2D eigenvalue weighted by molar-refractivity contribution is 14.1. The van der Waals surface area contributed by atoms with E-state index < -0.39 is 0 Å². The molecule has 78 valence electrons. The van der Waals surface area contributed by atoms with Crippen molar-refractivity contribution < 1.29 is 4.39 Å². The Morgan fingerprint density at radius 2 is 2.13 bits per heavy atom. The van der Waals surface area contributed by atoms with Gasteiger partial charge in [0.05, 0.1) is 9.77 Å². The Balaban J connectivity index is 2.02. The molecular formula is C11H10FIN2. The van der Waals surface area contributed by atoms with E-state index >= 15 is 0 Å². The predicted octanol–water partition coefficient (Wildman–Crippen LogP) is 2.87. The molecule has 1 heterocycles. The topological polar surface area (TPSA) is 17.8 Å². The van der Waals surface area contributed by atoms with Crippen molar-refractivity contribution in [3.05, 3.63) is 51.6 Å². The van der Waals surface area contributed by atoms with E-state index in [2.05, 4.69) is 27.7 Å². The van der Waals surface area contributed by atoms with E-state index in [-0.39, 0.29) is 5.82 Å². The molecule has 2 nitrogen and oxygen atoms in total. The van der Waals surface area contributed by atoms with Gasteiger partial charge in [-0.2, -0.15) is 5.10 Å². The van der Waals surface area contributed by atoms with Crippen LogP contribution in [0, 0.1) is 9.39 Å². The van der Waals surface area contributed by atoms with Crippen molar-refractivity contribution in [3.8, 4) is 0 Å². The molecule has 0 saturated carbocycles. The molecule has 0 spiro atoms. The van der Waals surface area contributed by atoms with Crippen molar-refractivity contribution in [3.63, 3.8) is 0 Å². The molecule has 1 aromatic heterocycles. The first-order valence-corrected chi connectivity index (χ1v) is 5.75. The zero-order valence-corrected chi connectivity index (χ0v) is 10.2. The molecule has 2 rings (SSSR count). The second-order valence-corrected chi connectivity index (χ2v) is 4.51. The molecule has 0 N–H and O–H groups in total. The fraction of sp³-hybridized carbons (Fsp3) is 0.182. The van der Waals surface area contributed by atoms with Crippen molar-refractivity contribution >= 4 is 22.6 Å². The molecule has 0 saturated heterocycles. The van der Waals surface area contributed by atoms with Crippen LogP contribution >= 0.6 is 22.6 Å². The number of hydrogen-bond donors (Lipinski definition) is 0. The first-order valence-electron chi connectivity index (χ1n) is 4.67. The number of rotatable bonds is 3. The third kappa shape index (κ3) is 2.77. The highest BCUT2D eigenvalue weighted by atomic mass is 127. The van der Waals surface area contributed by atoms with Gasteiger partial charge in [0, 0.05) is 12.7 Å². The number of benzene rings is 1. The van der Waals surface area contributed by atoms with Crippen LogP contribution in [0.25, 0.3) is 0 Å². The number of halogens is 2. The van der Waals surface area contributed by atoms with Crippen LogP contribution in [0.5, 0.6) is 0 Å². The zero-order chi connectivity index (χ0) is 10.7. The molecule has 0 bridgehead atoms. The van der Waals surface area contributed by atoms with E-state index in [9.17, 15) is 4.39 Å². The quantitative estimate of drug-likeness (QED) is 0.796. The molecule has 1 aromatic carbocycles. The van der Waals surface area contributed by atoms with Crippen molar-refractivity contribution in [2.75, 3.05) is 0 Å². The maximum absolute atomic E-state index is 13.3. The van der Waals surface area contributed by atoms with E-state index in [4.69, 9.17) is 0 Å². The molecule has 0 radical (unpaired) electrons. The van der Waals surface area contributed by atoms with E-state index in [0.29, 0.717) is 13.0 Å². The Kier molecular flexibility index (Phi) is 3.35. The van der Waals surface area contributed by atoms with Crippen LogP contribution in [0.1, 0.15) is 5.56 Å². The third-order valence-electron chi connectivity index (χ3n) is 2.17. The molecule has 2 aromatic rings. The Hall–Kier alpha value is -0.910. The smallest absolute Gasteiger partial charge is 0.126 e. The maximum Gasteiger partial charge on any atom is 0.126 e. The van der Waals surface area contributed by atoms with Crippen LogP contribution in [0.3, 0.4) is 0 Å². The number of nitrogens with zero attached hydrogens (tertiary/aromatic N) is 2. The number of aryl methyl sites for hydroxylation is 2. The summed E-state index contributed by atoms with van der Waals surface area (Å²) in [7, 11) is 0. The Morgan fingerprint density at radius 1 is 1.33 bits per heavy atom. The van der Waals surface area contributed by atoms with Crippen LogP contribution in [-0.4, -0.2) is 9.78 Å². The van der Waals surface area contributed by atoms with Gasteiger partial charge >= 0.3 is 0 Å². The monoisotopic (exact) mass is 316 g/mol. The van der Waals surface area contributed by atoms with E-state index in [1.54, 1.807) is 12.3 Å². The average Bonchev–Trinajstić information content (AvgIpc) is 2.63. The van der Waals surface area contributed by atoms with Crippen LogP contribution in [0.4, 0.5) is 4.39 Å². The minimum Gasteiger partial charge on any atom is -0.271 e. The third-order valence-corrected chi connectivity index (χ3v) is 2.73. The zero-order valence-electron chi connectivity index (χ0n) is 8.03. The summed E-state index contributed by atoms with van der Waals surface area (Å²) < 4.78 is 16.2. The lowest BCUT2D eigenvalue weighted by Crippen LogP contribution is -2.02. The van der Waals surface area contributed by atoms with Gasteiger partial charge in [0.15, 0.2) is 0 Å². The molecule has 0 unspecified atom stereocenters. The minimum absolute atomic E-state index is 0.139. The van der Waals surface area contributed by atoms with Gasteiger partial charge in [-0.05, 0) is 40.6 Å². The van der Waals surface area contributed by atoms with Gasteiger partial charge in [-0.3, -0.25) is 4.68 Å². The van der Waals surface area contributed by atoms with Gasteiger partial charge < -0.3 is 0 Å². The lowest BCUT2D eigenvalue weighted by molar-refractivity contribution is 0.572. The van der Waals surface area contributed by atoms with Crippen LogP contribution in [0.15, 0.2) is 36.7 Å². The Morgan fingerprint density at radius 3 is 2.80 bits per heavy atom. The molecule has 15 heavy (non-hydrogen) atoms. The SMILES string of the molecule is Fc1ccccc1CCn1cc(I)cn1. The summed E-state index contributed by atoms with van der Waals surface area (Å²) in [5.74, 6) is -0.139. The summed E-state index contributed by atoms with van der Waals surface area (Å²) in [6, 6.07) is 6.85. The predicted molar refractivity (Wildman–Crippen MR) is 65.0 cm³/mol.